The number of halogens is 2. The molecule has 0 aliphatic carbocycles. The highest BCUT2D eigenvalue weighted by Gasteiger charge is 2.40. The van der Waals surface area contributed by atoms with Gasteiger partial charge >= 0.3 is 0 Å². The molecule has 4 rings (SSSR count). The number of ether oxygens (including phenoxy) is 1. The predicted octanol–water partition coefficient (Wildman–Crippen LogP) is 4.22. The molecule has 2 aromatic rings. The van der Waals surface area contributed by atoms with Gasteiger partial charge in [0, 0.05) is 30.6 Å². The number of pyridine rings is 1. The lowest BCUT2D eigenvalue weighted by Gasteiger charge is -2.36. The van der Waals surface area contributed by atoms with Gasteiger partial charge in [-0.25, -0.2) is 9.97 Å². The lowest BCUT2D eigenvalue weighted by molar-refractivity contribution is -0.00545. The normalized spacial score (nSPS) is 24.2. The molecular formula is C19H23Cl2N5O. The van der Waals surface area contributed by atoms with E-state index in [2.05, 4.69) is 59.6 Å². The number of morpholine rings is 1. The van der Waals surface area contributed by atoms with Crippen LogP contribution in [0.15, 0.2) is 18.3 Å². The summed E-state index contributed by atoms with van der Waals surface area (Å²) >= 11 is 12.4. The summed E-state index contributed by atoms with van der Waals surface area (Å²) < 4.78 is 5.81. The quantitative estimate of drug-likeness (QED) is 0.548. The summed E-state index contributed by atoms with van der Waals surface area (Å²) in [4.78, 5) is 17.6. The van der Waals surface area contributed by atoms with Crippen LogP contribution in [0.5, 0.6) is 0 Å². The Morgan fingerprint density at radius 2 is 1.81 bits per heavy atom. The van der Waals surface area contributed by atoms with Crippen molar-refractivity contribution in [2.45, 2.75) is 45.3 Å². The molecule has 1 fully saturated rings. The van der Waals surface area contributed by atoms with E-state index in [9.17, 15) is 0 Å². The van der Waals surface area contributed by atoms with Gasteiger partial charge in [0.05, 0.1) is 24.1 Å². The molecule has 2 aliphatic heterocycles. The van der Waals surface area contributed by atoms with Crippen LogP contribution in [0.1, 0.15) is 33.3 Å². The Kier molecular flexibility index (Phi) is 4.69. The first kappa shape index (κ1) is 18.7. The van der Waals surface area contributed by atoms with Crippen LogP contribution in [-0.2, 0) is 10.2 Å². The Bertz CT molecular complexity index is 848. The fourth-order valence-corrected chi connectivity index (χ4v) is 4.66. The SMILES string of the molecule is C[C@@H]1CN(c2ccc(N3CC(C)(C)c4c(Cl)nc(Cl)nc43)cn2)C[C@H](C)O1. The van der Waals surface area contributed by atoms with Gasteiger partial charge in [-0.3, -0.25) is 0 Å². The van der Waals surface area contributed by atoms with E-state index in [1.54, 1.807) is 0 Å². The zero-order valence-corrected chi connectivity index (χ0v) is 17.4. The van der Waals surface area contributed by atoms with E-state index in [1.165, 1.54) is 0 Å². The van der Waals surface area contributed by atoms with Gasteiger partial charge in [0.15, 0.2) is 0 Å². The topological polar surface area (TPSA) is 54.4 Å². The second-order valence-electron chi connectivity index (χ2n) is 7.99. The summed E-state index contributed by atoms with van der Waals surface area (Å²) in [6.45, 7) is 10.9. The Balaban J connectivity index is 1.64. The maximum absolute atomic E-state index is 6.37. The van der Waals surface area contributed by atoms with Crippen molar-refractivity contribution in [1.29, 1.82) is 0 Å². The molecule has 0 radical (unpaired) electrons. The Hall–Kier alpha value is -1.63. The molecule has 0 amide bonds. The van der Waals surface area contributed by atoms with E-state index < -0.39 is 0 Å². The minimum atomic E-state index is -0.176. The maximum atomic E-state index is 6.37. The summed E-state index contributed by atoms with van der Waals surface area (Å²) in [6.07, 6.45) is 2.28. The average molecular weight is 408 g/mol. The molecule has 0 spiro atoms. The molecule has 0 N–H and O–H groups in total. The molecule has 144 valence electrons. The predicted molar refractivity (Wildman–Crippen MR) is 109 cm³/mol. The second kappa shape index (κ2) is 6.76. The Morgan fingerprint density at radius 1 is 1.11 bits per heavy atom. The smallest absolute Gasteiger partial charge is 0.225 e. The summed E-state index contributed by atoms with van der Waals surface area (Å²) in [5.41, 5.74) is 1.71. The minimum Gasteiger partial charge on any atom is -0.372 e. The van der Waals surface area contributed by atoms with E-state index in [1.807, 2.05) is 6.20 Å². The molecule has 6 nitrogen and oxygen atoms in total. The van der Waals surface area contributed by atoms with E-state index in [-0.39, 0.29) is 22.9 Å². The van der Waals surface area contributed by atoms with Crippen LogP contribution in [0, 0.1) is 0 Å². The van der Waals surface area contributed by atoms with E-state index in [4.69, 9.17) is 32.9 Å². The van der Waals surface area contributed by atoms with Crippen LogP contribution in [0.25, 0.3) is 0 Å². The van der Waals surface area contributed by atoms with Crippen molar-refractivity contribution in [3.63, 3.8) is 0 Å². The van der Waals surface area contributed by atoms with Gasteiger partial charge in [0.2, 0.25) is 5.28 Å². The lowest BCUT2D eigenvalue weighted by atomic mass is 9.89. The zero-order chi connectivity index (χ0) is 19.3. The highest BCUT2D eigenvalue weighted by Crippen LogP contribution is 2.46. The molecule has 0 bridgehead atoms. The van der Waals surface area contributed by atoms with Gasteiger partial charge < -0.3 is 14.5 Å². The van der Waals surface area contributed by atoms with Crippen molar-refractivity contribution >= 4 is 40.5 Å². The van der Waals surface area contributed by atoms with E-state index in [0.29, 0.717) is 5.15 Å². The molecular weight excluding hydrogens is 385 g/mol. The third-order valence-electron chi connectivity index (χ3n) is 5.09. The standard InChI is InChI=1S/C19H23Cl2N5O/c1-11-8-25(9-12(2)27-11)14-6-5-13(7-22-14)26-10-19(3,4)15-16(20)23-18(21)24-17(15)26/h5-7,11-12H,8-10H2,1-4H3/t11-,12+. The van der Waals surface area contributed by atoms with Gasteiger partial charge in [-0.15, -0.1) is 0 Å². The molecule has 8 heteroatoms. The first-order chi connectivity index (χ1) is 12.7. The fourth-order valence-electron chi connectivity index (χ4n) is 4.03. The molecule has 4 heterocycles. The number of aromatic nitrogens is 3. The molecule has 0 aromatic carbocycles. The van der Waals surface area contributed by atoms with Crippen molar-refractivity contribution in [2.75, 3.05) is 29.4 Å². The molecule has 0 unspecified atom stereocenters. The minimum absolute atomic E-state index is 0.155. The Labute approximate surface area is 169 Å². The molecule has 2 aromatic heterocycles. The third kappa shape index (κ3) is 3.46. The Morgan fingerprint density at radius 3 is 2.44 bits per heavy atom. The van der Waals surface area contributed by atoms with Crippen LogP contribution in [0.2, 0.25) is 10.4 Å². The van der Waals surface area contributed by atoms with Crippen molar-refractivity contribution in [3.8, 4) is 0 Å². The third-order valence-corrected chi connectivity index (χ3v) is 5.53. The highest BCUT2D eigenvalue weighted by molar-refractivity contribution is 6.33. The molecule has 1 saturated heterocycles. The zero-order valence-electron chi connectivity index (χ0n) is 15.9. The lowest BCUT2D eigenvalue weighted by Crippen LogP contribution is -2.45. The molecule has 27 heavy (non-hydrogen) atoms. The highest BCUT2D eigenvalue weighted by atomic mass is 35.5. The van der Waals surface area contributed by atoms with Gasteiger partial charge in [0.25, 0.3) is 0 Å². The largest absolute Gasteiger partial charge is 0.372 e. The van der Waals surface area contributed by atoms with Crippen molar-refractivity contribution in [3.05, 3.63) is 34.3 Å². The van der Waals surface area contributed by atoms with Crippen LogP contribution >= 0.6 is 23.2 Å². The summed E-state index contributed by atoms with van der Waals surface area (Å²) in [7, 11) is 0. The average Bonchev–Trinajstić information content (AvgIpc) is 2.85. The van der Waals surface area contributed by atoms with E-state index in [0.717, 1.165) is 42.5 Å². The van der Waals surface area contributed by atoms with Crippen molar-refractivity contribution in [2.24, 2.45) is 0 Å². The summed E-state index contributed by atoms with van der Waals surface area (Å²) in [6, 6.07) is 4.12. The first-order valence-electron chi connectivity index (χ1n) is 9.12. The van der Waals surface area contributed by atoms with E-state index >= 15 is 0 Å². The van der Waals surface area contributed by atoms with Gasteiger partial charge in [-0.05, 0) is 37.6 Å². The number of hydrogen-bond acceptors (Lipinski definition) is 6. The van der Waals surface area contributed by atoms with Gasteiger partial charge in [0.1, 0.15) is 16.8 Å². The number of fused-ring (bicyclic) bond motifs is 1. The molecule has 2 atom stereocenters. The maximum Gasteiger partial charge on any atom is 0.225 e. The van der Waals surface area contributed by atoms with Crippen molar-refractivity contribution < 1.29 is 4.74 Å². The van der Waals surface area contributed by atoms with Crippen LogP contribution in [0.3, 0.4) is 0 Å². The first-order valence-corrected chi connectivity index (χ1v) is 9.88. The number of nitrogens with zero attached hydrogens (tertiary/aromatic N) is 5. The number of hydrogen-bond donors (Lipinski definition) is 0. The molecule has 2 aliphatic rings. The summed E-state index contributed by atoms with van der Waals surface area (Å²) in [5.74, 6) is 1.71. The van der Waals surface area contributed by atoms with Crippen LogP contribution in [-0.4, -0.2) is 46.8 Å². The van der Waals surface area contributed by atoms with Gasteiger partial charge in [-0.1, -0.05) is 25.4 Å². The molecule has 0 saturated carbocycles. The summed E-state index contributed by atoms with van der Waals surface area (Å²) in [5, 5.41) is 0.570. The fraction of sp³-hybridized carbons (Fsp3) is 0.526. The van der Waals surface area contributed by atoms with Crippen molar-refractivity contribution in [1.82, 2.24) is 15.0 Å². The van der Waals surface area contributed by atoms with Crippen LogP contribution < -0.4 is 9.80 Å². The van der Waals surface area contributed by atoms with Crippen LogP contribution in [0.4, 0.5) is 17.3 Å². The second-order valence-corrected chi connectivity index (χ2v) is 8.69. The van der Waals surface area contributed by atoms with Gasteiger partial charge in [-0.2, -0.15) is 4.98 Å². The number of anilines is 3. The number of rotatable bonds is 2. The monoisotopic (exact) mass is 407 g/mol.